The maximum atomic E-state index is 12.8. The van der Waals surface area contributed by atoms with E-state index in [1.165, 1.54) is 12.8 Å². The topological polar surface area (TPSA) is 78.9 Å². The highest BCUT2D eigenvalue weighted by Crippen LogP contribution is 2.12. The molecule has 1 unspecified atom stereocenters. The van der Waals surface area contributed by atoms with Crippen molar-refractivity contribution in [2.45, 2.75) is 213 Å². The lowest BCUT2D eigenvalue weighted by Gasteiger charge is -2.18. The first-order valence-electron chi connectivity index (χ1n) is 26.2. The molecule has 0 aromatic rings. The van der Waals surface area contributed by atoms with Crippen LogP contribution >= 0.6 is 0 Å². The van der Waals surface area contributed by atoms with Crippen molar-refractivity contribution in [3.8, 4) is 0 Å². The summed E-state index contributed by atoms with van der Waals surface area (Å²) in [6.07, 6.45) is 74.4. The quantitative estimate of drug-likeness (QED) is 0.0262. The number of esters is 3. The summed E-state index contributed by atoms with van der Waals surface area (Å²) in [5, 5.41) is 0. The lowest BCUT2D eigenvalue weighted by atomic mass is 10.1. The van der Waals surface area contributed by atoms with Gasteiger partial charge in [0, 0.05) is 19.3 Å². The Bertz CT molecular complexity index is 1460. The van der Waals surface area contributed by atoms with Gasteiger partial charge in [-0.1, -0.05) is 193 Å². The molecular weight excluding hydrogens is 817 g/mol. The molecule has 0 aliphatic heterocycles. The van der Waals surface area contributed by atoms with E-state index in [9.17, 15) is 14.4 Å². The van der Waals surface area contributed by atoms with E-state index in [4.69, 9.17) is 14.2 Å². The molecule has 0 aromatic carbocycles. The van der Waals surface area contributed by atoms with Gasteiger partial charge in [0.15, 0.2) is 6.10 Å². The number of hydrogen-bond donors (Lipinski definition) is 0. The molecule has 1 atom stereocenters. The second-order valence-electron chi connectivity index (χ2n) is 16.7. The van der Waals surface area contributed by atoms with E-state index in [0.29, 0.717) is 19.3 Å². The summed E-state index contributed by atoms with van der Waals surface area (Å²) in [6, 6.07) is 0. The molecule has 0 spiro atoms. The van der Waals surface area contributed by atoms with Crippen LogP contribution in [0.2, 0.25) is 0 Å². The van der Waals surface area contributed by atoms with Gasteiger partial charge in [-0.05, 0) is 128 Å². The maximum absolute atomic E-state index is 12.8. The molecule has 6 nitrogen and oxygen atoms in total. The van der Waals surface area contributed by atoms with Crippen molar-refractivity contribution in [1.82, 2.24) is 0 Å². The van der Waals surface area contributed by atoms with Gasteiger partial charge in [0.25, 0.3) is 0 Å². The molecule has 0 saturated carbocycles. The number of hydrogen-bond acceptors (Lipinski definition) is 6. The molecule has 0 aliphatic carbocycles. The molecule has 0 fully saturated rings. The third-order valence-electron chi connectivity index (χ3n) is 10.4. The maximum Gasteiger partial charge on any atom is 0.306 e. The molecule has 370 valence electrons. The van der Waals surface area contributed by atoms with Gasteiger partial charge in [0.2, 0.25) is 0 Å². The largest absolute Gasteiger partial charge is 0.462 e. The third kappa shape index (κ3) is 50.5. The van der Waals surface area contributed by atoms with Crippen LogP contribution < -0.4 is 0 Å². The molecule has 0 aromatic heterocycles. The van der Waals surface area contributed by atoms with Gasteiger partial charge in [-0.2, -0.15) is 0 Å². The lowest BCUT2D eigenvalue weighted by molar-refractivity contribution is -0.167. The van der Waals surface area contributed by atoms with Crippen molar-refractivity contribution in [2.75, 3.05) is 13.2 Å². The van der Waals surface area contributed by atoms with Gasteiger partial charge in [-0.3, -0.25) is 14.4 Å². The molecule has 0 bridgehead atoms. The van der Waals surface area contributed by atoms with Crippen LogP contribution in [0.3, 0.4) is 0 Å². The minimum atomic E-state index is -0.817. The summed E-state index contributed by atoms with van der Waals surface area (Å²) in [7, 11) is 0. The van der Waals surface area contributed by atoms with Gasteiger partial charge in [0.1, 0.15) is 13.2 Å². The fraction of sp³-hybridized carbons (Fsp3) is 0.583. The summed E-state index contributed by atoms with van der Waals surface area (Å²) in [6.45, 7) is 6.26. The standard InChI is InChI=1S/C60H94O6/c1-4-7-10-13-16-19-22-24-26-28-30-32-34-36-38-41-44-47-50-53-59(62)65-56-57(55-64-58(61)52-49-46-43-40-21-18-15-12-9-6-3)66-60(63)54-51-48-45-42-39-37-35-33-31-29-27-25-23-20-17-14-11-8-5-2/h7-8,10-12,15-17,19-20,24-27,30-33,36-39,57H,4-6,9,13-14,18,21-23,28-29,34-35,40-56H2,1-3H3/b10-7-,11-8-,15-12-,19-16-,20-17-,26-24-,27-25-,32-30-,33-31-,38-36-,39-37-. The average Bonchev–Trinajstić information content (AvgIpc) is 3.31. The molecule has 0 aliphatic rings. The second kappa shape index (κ2) is 53.2. The first-order valence-corrected chi connectivity index (χ1v) is 26.2. The first-order chi connectivity index (χ1) is 32.5. The highest BCUT2D eigenvalue weighted by Gasteiger charge is 2.19. The summed E-state index contributed by atoms with van der Waals surface area (Å²) in [4.78, 5) is 38.0. The Morgan fingerprint density at radius 3 is 0.955 bits per heavy atom. The van der Waals surface area contributed by atoms with Crippen LogP contribution in [-0.4, -0.2) is 37.2 Å². The van der Waals surface area contributed by atoms with Crippen LogP contribution in [0.4, 0.5) is 0 Å². The first kappa shape index (κ1) is 61.5. The average molecular weight is 911 g/mol. The van der Waals surface area contributed by atoms with E-state index >= 15 is 0 Å². The van der Waals surface area contributed by atoms with Crippen molar-refractivity contribution >= 4 is 17.9 Å². The Labute approximate surface area is 405 Å². The van der Waals surface area contributed by atoms with Crippen molar-refractivity contribution < 1.29 is 28.6 Å². The van der Waals surface area contributed by atoms with Gasteiger partial charge in [0.05, 0.1) is 0 Å². The van der Waals surface area contributed by atoms with Crippen LogP contribution in [0.15, 0.2) is 134 Å². The fourth-order valence-electron chi connectivity index (χ4n) is 6.50. The highest BCUT2D eigenvalue weighted by molar-refractivity contribution is 5.71. The van der Waals surface area contributed by atoms with Gasteiger partial charge in [-0.15, -0.1) is 0 Å². The predicted octanol–water partition coefficient (Wildman–Crippen LogP) is 17.5. The molecule has 0 rings (SSSR count). The molecule has 66 heavy (non-hydrogen) atoms. The lowest BCUT2D eigenvalue weighted by Crippen LogP contribution is -2.30. The van der Waals surface area contributed by atoms with Crippen LogP contribution in [0, 0.1) is 0 Å². The number of allylic oxidation sites excluding steroid dienone is 22. The zero-order valence-electron chi connectivity index (χ0n) is 42.1. The van der Waals surface area contributed by atoms with Crippen LogP contribution in [0.25, 0.3) is 0 Å². The second-order valence-corrected chi connectivity index (χ2v) is 16.7. The Morgan fingerprint density at radius 2 is 0.591 bits per heavy atom. The minimum Gasteiger partial charge on any atom is -0.462 e. The Morgan fingerprint density at radius 1 is 0.318 bits per heavy atom. The zero-order chi connectivity index (χ0) is 47.9. The van der Waals surface area contributed by atoms with E-state index in [1.54, 1.807) is 0 Å². The predicted molar refractivity (Wildman–Crippen MR) is 283 cm³/mol. The Balaban J connectivity index is 4.51. The van der Waals surface area contributed by atoms with E-state index in [-0.39, 0.29) is 37.5 Å². The Kier molecular flexibility index (Phi) is 49.6. The van der Waals surface area contributed by atoms with E-state index in [2.05, 4.69) is 154 Å². The Hall–Kier alpha value is -4.45. The van der Waals surface area contributed by atoms with Gasteiger partial charge < -0.3 is 14.2 Å². The summed E-state index contributed by atoms with van der Waals surface area (Å²) in [5.41, 5.74) is 0. The smallest absolute Gasteiger partial charge is 0.306 e. The molecule has 6 heteroatoms. The summed E-state index contributed by atoms with van der Waals surface area (Å²) in [5.74, 6) is -0.998. The molecule has 0 saturated heterocycles. The van der Waals surface area contributed by atoms with E-state index in [0.717, 1.165) is 148 Å². The number of unbranched alkanes of at least 4 members (excludes halogenated alkanes) is 12. The zero-order valence-corrected chi connectivity index (χ0v) is 42.1. The number of carbonyl (C=O) groups excluding carboxylic acids is 3. The third-order valence-corrected chi connectivity index (χ3v) is 10.4. The van der Waals surface area contributed by atoms with Crippen molar-refractivity contribution in [1.29, 1.82) is 0 Å². The molecule has 0 N–H and O–H groups in total. The fourth-order valence-corrected chi connectivity index (χ4v) is 6.50. The van der Waals surface area contributed by atoms with Gasteiger partial charge >= 0.3 is 17.9 Å². The van der Waals surface area contributed by atoms with Crippen molar-refractivity contribution in [3.05, 3.63) is 134 Å². The SMILES string of the molecule is CC/C=C\C/C=C\C/C=C\C/C=C\C/C=C\CCCCCC(=O)OCC(COC(=O)CCCCCCC/C=C\CCC)OC(=O)CCCCC/C=C\C/C=C\C/C=C\C/C=C\C/C=C\CC. The van der Waals surface area contributed by atoms with E-state index in [1.807, 2.05) is 0 Å². The molecule has 0 radical (unpaired) electrons. The van der Waals surface area contributed by atoms with Crippen molar-refractivity contribution in [2.24, 2.45) is 0 Å². The van der Waals surface area contributed by atoms with Crippen LogP contribution in [0.1, 0.15) is 207 Å². The molecular formula is C60H94O6. The number of rotatable bonds is 45. The van der Waals surface area contributed by atoms with Crippen LogP contribution in [0.5, 0.6) is 0 Å². The monoisotopic (exact) mass is 911 g/mol. The normalized spacial score (nSPS) is 13.2. The number of ether oxygens (including phenoxy) is 3. The molecule has 0 heterocycles. The summed E-state index contributed by atoms with van der Waals surface area (Å²) >= 11 is 0. The van der Waals surface area contributed by atoms with Crippen LogP contribution in [-0.2, 0) is 28.6 Å². The van der Waals surface area contributed by atoms with Gasteiger partial charge in [-0.25, -0.2) is 0 Å². The summed E-state index contributed by atoms with van der Waals surface area (Å²) < 4.78 is 16.7. The minimum absolute atomic E-state index is 0.112. The molecule has 0 amide bonds. The number of carbonyl (C=O) groups is 3. The highest BCUT2D eigenvalue weighted by atomic mass is 16.6. The van der Waals surface area contributed by atoms with E-state index < -0.39 is 6.10 Å². The van der Waals surface area contributed by atoms with Crippen molar-refractivity contribution in [3.63, 3.8) is 0 Å².